The van der Waals surface area contributed by atoms with Gasteiger partial charge in [-0.25, -0.2) is 18.2 Å². The molecular weight excluding hydrogens is 427 g/mol. The molecule has 112 valence electrons. The van der Waals surface area contributed by atoms with Gasteiger partial charge in [-0.3, -0.25) is 0 Å². The molecule has 0 bridgehead atoms. The molecule has 2 rings (SSSR count). The minimum Gasteiger partial charge on any atom is -0.478 e. The van der Waals surface area contributed by atoms with Crippen LogP contribution >= 0.6 is 33.9 Å². The zero-order valence-corrected chi connectivity index (χ0v) is 14.6. The second-order valence-electron chi connectivity index (χ2n) is 4.19. The third-order valence-electron chi connectivity index (χ3n) is 2.74. The van der Waals surface area contributed by atoms with Crippen LogP contribution in [0.25, 0.3) is 0 Å². The van der Waals surface area contributed by atoms with E-state index in [1.54, 1.807) is 10.9 Å². The Bertz CT molecular complexity index is 760. The first-order valence-electron chi connectivity index (χ1n) is 5.68. The third kappa shape index (κ3) is 3.59. The van der Waals surface area contributed by atoms with Crippen molar-refractivity contribution in [3.8, 4) is 0 Å². The minimum absolute atomic E-state index is 0.0290. The first kappa shape index (κ1) is 16.3. The van der Waals surface area contributed by atoms with Gasteiger partial charge >= 0.3 is 5.97 Å². The van der Waals surface area contributed by atoms with Crippen molar-refractivity contribution in [3.05, 3.63) is 43.9 Å². The zero-order valence-electron chi connectivity index (χ0n) is 10.9. The first-order valence-corrected chi connectivity index (χ1v) is 9.15. The molecule has 0 aliphatic heterocycles. The van der Waals surface area contributed by atoms with Gasteiger partial charge in [-0.2, -0.15) is 4.31 Å². The van der Waals surface area contributed by atoms with Crippen molar-refractivity contribution < 1.29 is 18.3 Å². The van der Waals surface area contributed by atoms with E-state index < -0.39 is 16.0 Å². The summed E-state index contributed by atoms with van der Waals surface area (Å²) in [5.41, 5.74) is 2.25. The molecule has 1 heterocycles. The second kappa shape index (κ2) is 6.38. The Morgan fingerprint density at radius 2 is 2.19 bits per heavy atom. The molecule has 1 N–H and O–H groups in total. The highest BCUT2D eigenvalue weighted by Gasteiger charge is 2.23. The SMILES string of the molecule is CN(Cc1cscn1)S(=O)(=O)c1ccc(I)c(C(=O)O)c1. The molecule has 0 saturated heterocycles. The first-order chi connectivity index (χ1) is 9.82. The van der Waals surface area contributed by atoms with Crippen molar-refractivity contribution in [3.63, 3.8) is 0 Å². The average Bonchev–Trinajstić information content (AvgIpc) is 2.91. The highest BCUT2D eigenvalue weighted by molar-refractivity contribution is 14.1. The summed E-state index contributed by atoms with van der Waals surface area (Å²) in [6.07, 6.45) is 0. The standard InChI is InChI=1S/C12H11IN2O4S2/c1-15(5-8-6-20-7-14-8)21(18,19)9-2-3-11(13)10(4-9)12(16)17/h2-4,6-7H,5H2,1H3,(H,16,17). The zero-order chi connectivity index (χ0) is 15.6. The van der Waals surface area contributed by atoms with E-state index in [1.807, 2.05) is 22.6 Å². The Kier molecular flexibility index (Phi) is 4.96. The number of carboxylic acids is 1. The van der Waals surface area contributed by atoms with Crippen LogP contribution in [0.2, 0.25) is 0 Å². The summed E-state index contributed by atoms with van der Waals surface area (Å²) in [5.74, 6) is -1.15. The van der Waals surface area contributed by atoms with Crippen molar-refractivity contribution in [2.24, 2.45) is 0 Å². The number of aromatic nitrogens is 1. The number of thiazole rings is 1. The van der Waals surface area contributed by atoms with Gasteiger partial charge in [0.05, 0.1) is 28.2 Å². The van der Waals surface area contributed by atoms with E-state index in [0.29, 0.717) is 9.26 Å². The van der Waals surface area contributed by atoms with Gasteiger partial charge in [0, 0.05) is 16.0 Å². The van der Waals surface area contributed by atoms with Crippen LogP contribution < -0.4 is 0 Å². The van der Waals surface area contributed by atoms with Crippen LogP contribution in [0.3, 0.4) is 0 Å². The molecule has 0 atom stereocenters. The molecule has 0 aliphatic rings. The Balaban J connectivity index is 2.35. The molecule has 0 amide bonds. The number of hydrogen-bond donors (Lipinski definition) is 1. The fraction of sp³-hybridized carbons (Fsp3) is 0.167. The fourth-order valence-corrected chi connectivity index (χ4v) is 3.92. The van der Waals surface area contributed by atoms with E-state index in [-0.39, 0.29) is 17.0 Å². The number of hydrogen-bond acceptors (Lipinski definition) is 5. The molecule has 0 radical (unpaired) electrons. The van der Waals surface area contributed by atoms with Gasteiger partial charge in [-0.15, -0.1) is 11.3 Å². The van der Waals surface area contributed by atoms with Crippen LogP contribution in [0.5, 0.6) is 0 Å². The molecule has 1 aromatic carbocycles. The average molecular weight is 438 g/mol. The molecule has 0 aliphatic carbocycles. The number of carboxylic acid groups (broad SMARTS) is 1. The smallest absolute Gasteiger partial charge is 0.336 e. The molecule has 0 fully saturated rings. The van der Waals surface area contributed by atoms with Gasteiger partial charge in [-0.05, 0) is 40.8 Å². The summed E-state index contributed by atoms with van der Waals surface area (Å²) >= 11 is 3.24. The molecule has 6 nitrogen and oxygen atoms in total. The van der Waals surface area contributed by atoms with Crippen LogP contribution in [0, 0.1) is 3.57 Å². The van der Waals surface area contributed by atoms with Crippen LogP contribution in [0.1, 0.15) is 16.1 Å². The number of nitrogens with zero attached hydrogens (tertiary/aromatic N) is 2. The van der Waals surface area contributed by atoms with Crippen LogP contribution in [-0.4, -0.2) is 35.8 Å². The Morgan fingerprint density at radius 1 is 1.48 bits per heavy atom. The molecule has 2 aromatic rings. The highest BCUT2D eigenvalue weighted by Crippen LogP contribution is 2.21. The number of carbonyl (C=O) groups is 1. The maximum atomic E-state index is 12.5. The summed E-state index contributed by atoms with van der Waals surface area (Å²) in [6, 6.07) is 4.06. The van der Waals surface area contributed by atoms with Crippen LogP contribution in [-0.2, 0) is 16.6 Å². The molecule has 0 spiro atoms. The molecule has 1 aromatic heterocycles. The van der Waals surface area contributed by atoms with Crippen LogP contribution in [0.15, 0.2) is 34.0 Å². The largest absolute Gasteiger partial charge is 0.478 e. The topological polar surface area (TPSA) is 87.6 Å². The number of halogens is 1. The summed E-state index contributed by atoms with van der Waals surface area (Å²) in [5, 5.41) is 10.8. The molecule has 9 heteroatoms. The maximum Gasteiger partial charge on any atom is 0.336 e. The van der Waals surface area contributed by atoms with E-state index in [4.69, 9.17) is 5.11 Å². The highest BCUT2D eigenvalue weighted by atomic mass is 127. The van der Waals surface area contributed by atoms with Crippen molar-refractivity contribution in [1.29, 1.82) is 0 Å². The lowest BCUT2D eigenvalue weighted by Gasteiger charge is -2.16. The predicted octanol–water partition coefficient (Wildman–Crippen LogP) is 2.27. The third-order valence-corrected chi connectivity index (χ3v) is 6.12. The van der Waals surface area contributed by atoms with E-state index in [9.17, 15) is 13.2 Å². The number of rotatable bonds is 5. The summed E-state index contributed by atoms with van der Waals surface area (Å²) in [4.78, 5) is 15.1. The van der Waals surface area contributed by atoms with Crippen molar-refractivity contribution in [2.45, 2.75) is 11.4 Å². The molecule has 21 heavy (non-hydrogen) atoms. The van der Waals surface area contributed by atoms with E-state index in [1.165, 1.54) is 36.6 Å². The number of aromatic carboxylic acids is 1. The van der Waals surface area contributed by atoms with Crippen molar-refractivity contribution in [2.75, 3.05) is 7.05 Å². The lowest BCUT2D eigenvalue weighted by atomic mass is 10.2. The van der Waals surface area contributed by atoms with E-state index >= 15 is 0 Å². The predicted molar refractivity (Wildman–Crippen MR) is 86.9 cm³/mol. The van der Waals surface area contributed by atoms with Gasteiger partial charge in [0.1, 0.15) is 0 Å². The van der Waals surface area contributed by atoms with Gasteiger partial charge in [0.15, 0.2) is 0 Å². The lowest BCUT2D eigenvalue weighted by Crippen LogP contribution is -2.27. The lowest BCUT2D eigenvalue weighted by molar-refractivity contribution is 0.0695. The van der Waals surface area contributed by atoms with Gasteiger partial charge in [-0.1, -0.05) is 0 Å². The Morgan fingerprint density at radius 3 is 2.76 bits per heavy atom. The van der Waals surface area contributed by atoms with E-state index in [2.05, 4.69) is 4.98 Å². The summed E-state index contributed by atoms with van der Waals surface area (Å²) in [6.45, 7) is 0.139. The van der Waals surface area contributed by atoms with Gasteiger partial charge < -0.3 is 5.11 Å². The molecular formula is C12H11IN2O4S2. The quantitative estimate of drug-likeness (QED) is 0.724. The Labute approximate surface area is 139 Å². The number of sulfonamides is 1. The van der Waals surface area contributed by atoms with Crippen LogP contribution in [0.4, 0.5) is 0 Å². The number of benzene rings is 1. The normalized spacial score (nSPS) is 11.8. The maximum absolute atomic E-state index is 12.5. The molecule has 0 saturated carbocycles. The monoisotopic (exact) mass is 438 g/mol. The fourth-order valence-electron chi connectivity index (χ4n) is 1.64. The van der Waals surface area contributed by atoms with E-state index in [0.717, 1.165) is 4.31 Å². The summed E-state index contributed by atoms with van der Waals surface area (Å²) < 4.78 is 26.5. The van der Waals surface area contributed by atoms with Crippen molar-refractivity contribution >= 4 is 49.9 Å². The van der Waals surface area contributed by atoms with Crippen molar-refractivity contribution in [1.82, 2.24) is 9.29 Å². The summed E-state index contributed by atoms with van der Waals surface area (Å²) in [7, 11) is -2.32. The molecule has 0 unspecified atom stereocenters. The minimum atomic E-state index is -3.76. The van der Waals surface area contributed by atoms with Gasteiger partial charge in [0.2, 0.25) is 10.0 Å². The Hall–Kier alpha value is -1.04. The van der Waals surface area contributed by atoms with Gasteiger partial charge in [0.25, 0.3) is 0 Å². The second-order valence-corrected chi connectivity index (χ2v) is 8.11.